The van der Waals surface area contributed by atoms with Gasteiger partial charge in [0.1, 0.15) is 0 Å². The molecule has 0 spiro atoms. The Hall–Kier alpha value is -2.35. The van der Waals surface area contributed by atoms with Crippen LogP contribution in [0.2, 0.25) is 0 Å². The van der Waals surface area contributed by atoms with Crippen molar-refractivity contribution in [3.8, 4) is 6.07 Å². The zero-order valence-corrected chi connectivity index (χ0v) is 11.2. The Bertz CT molecular complexity index is 544. The van der Waals surface area contributed by atoms with Gasteiger partial charge >= 0.3 is 0 Å². The van der Waals surface area contributed by atoms with E-state index in [4.69, 9.17) is 5.26 Å². The number of carbonyl (C=O) groups excluding carboxylic acids is 2. The van der Waals surface area contributed by atoms with Gasteiger partial charge in [-0.25, -0.2) is 0 Å². The minimum absolute atomic E-state index is 0.0493. The molecule has 0 heterocycles. The number of rotatable bonds is 6. The summed E-state index contributed by atoms with van der Waals surface area (Å²) >= 11 is 0. The van der Waals surface area contributed by atoms with Gasteiger partial charge in [0.15, 0.2) is 0 Å². The Kier molecular flexibility index (Phi) is 4.72. The second kappa shape index (κ2) is 6.71. The fraction of sp³-hybridized carbons (Fsp3) is 0.400. The van der Waals surface area contributed by atoms with Crippen molar-refractivity contribution in [2.24, 2.45) is 0 Å². The summed E-state index contributed by atoms with van der Waals surface area (Å²) in [6.07, 6.45) is 3.20. The molecule has 2 rings (SSSR count). The first-order valence-electron chi connectivity index (χ1n) is 6.77. The molecule has 2 amide bonds. The first-order valence-corrected chi connectivity index (χ1v) is 6.77. The highest BCUT2D eigenvalue weighted by molar-refractivity contribution is 5.94. The molecule has 2 N–H and O–H groups in total. The number of nitrogens with zero attached hydrogens (tertiary/aromatic N) is 1. The predicted octanol–water partition coefficient (Wildman–Crippen LogP) is 1.35. The Morgan fingerprint density at radius 1 is 1.35 bits per heavy atom. The summed E-state index contributed by atoms with van der Waals surface area (Å²) in [4.78, 5) is 23.3. The minimum Gasteiger partial charge on any atom is -0.353 e. The zero-order valence-electron chi connectivity index (χ0n) is 11.2. The summed E-state index contributed by atoms with van der Waals surface area (Å²) in [6, 6.07) is 8.92. The van der Waals surface area contributed by atoms with E-state index in [1.54, 1.807) is 24.3 Å². The third kappa shape index (κ3) is 4.39. The van der Waals surface area contributed by atoms with Crippen molar-refractivity contribution in [2.45, 2.75) is 31.7 Å². The van der Waals surface area contributed by atoms with E-state index < -0.39 is 0 Å². The smallest absolute Gasteiger partial charge is 0.251 e. The van der Waals surface area contributed by atoms with Gasteiger partial charge in [0.05, 0.1) is 11.6 Å². The largest absolute Gasteiger partial charge is 0.353 e. The number of hydrogen-bond donors (Lipinski definition) is 2. The molecule has 20 heavy (non-hydrogen) atoms. The van der Waals surface area contributed by atoms with E-state index in [1.807, 2.05) is 6.07 Å². The van der Waals surface area contributed by atoms with Gasteiger partial charge in [-0.3, -0.25) is 9.59 Å². The number of carbonyl (C=O) groups is 2. The van der Waals surface area contributed by atoms with Crippen LogP contribution in [0.1, 0.15) is 41.6 Å². The van der Waals surface area contributed by atoms with Crippen LogP contribution in [0, 0.1) is 11.3 Å². The molecule has 5 heteroatoms. The lowest BCUT2D eigenvalue weighted by Gasteiger charge is -2.06. The van der Waals surface area contributed by atoms with E-state index >= 15 is 0 Å². The Balaban J connectivity index is 1.69. The van der Waals surface area contributed by atoms with E-state index in [0.717, 1.165) is 12.8 Å². The predicted molar refractivity (Wildman–Crippen MR) is 73.9 cm³/mol. The van der Waals surface area contributed by atoms with E-state index in [1.165, 1.54) is 0 Å². The Morgan fingerprint density at radius 2 is 2.15 bits per heavy atom. The number of nitriles is 1. The molecule has 1 saturated carbocycles. The highest BCUT2D eigenvalue weighted by Crippen LogP contribution is 2.18. The van der Waals surface area contributed by atoms with Crippen LogP contribution in [0.5, 0.6) is 0 Å². The van der Waals surface area contributed by atoms with E-state index in [-0.39, 0.29) is 11.8 Å². The minimum atomic E-state index is -0.218. The van der Waals surface area contributed by atoms with Crippen LogP contribution < -0.4 is 10.6 Å². The Labute approximate surface area is 118 Å². The molecular weight excluding hydrogens is 254 g/mol. The fourth-order valence-corrected chi connectivity index (χ4v) is 1.81. The van der Waals surface area contributed by atoms with Gasteiger partial charge in [-0.05, 0) is 37.5 Å². The van der Waals surface area contributed by atoms with Crippen LogP contribution in [0.25, 0.3) is 0 Å². The zero-order chi connectivity index (χ0) is 14.4. The van der Waals surface area contributed by atoms with Gasteiger partial charge in [-0.15, -0.1) is 0 Å². The molecule has 0 unspecified atom stereocenters. The lowest BCUT2D eigenvalue weighted by atomic mass is 10.1. The molecule has 1 aromatic rings. The van der Waals surface area contributed by atoms with Crippen molar-refractivity contribution in [2.75, 3.05) is 6.54 Å². The quantitative estimate of drug-likeness (QED) is 0.766. The lowest BCUT2D eigenvalue weighted by molar-refractivity contribution is -0.121. The monoisotopic (exact) mass is 271 g/mol. The molecule has 5 nitrogen and oxygen atoms in total. The lowest BCUT2D eigenvalue weighted by Crippen LogP contribution is -2.28. The topological polar surface area (TPSA) is 82.0 Å². The van der Waals surface area contributed by atoms with E-state index in [9.17, 15) is 9.59 Å². The van der Waals surface area contributed by atoms with Crippen molar-refractivity contribution in [3.63, 3.8) is 0 Å². The number of amides is 2. The van der Waals surface area contributed by atoms with Crippen molar-refractivity contribution in [1.29, 1.82) is 5.26 Å². The second-order valence-corrected chi connectivity index (χ2v) is 4.89. The molecule has 0 aromatic heterocycles. The molecule has 0 atom stereocenters. The number of hydrogen-bond acceptors (Lipinski definition) is 3. The molecule has 1 aromatic carbocycles. The fourth-order valence-electron chi connectivity index (χ4n) is 1.81. The van der Waals surface area contributed by atoms with Gasteiger partial charge in [0.2, 0.25) is 5.91 Å². The summed E-state index contributed by atoms with van der Waals surface area (Å²) < 4.78 is 0. The molecule has 0 saturated heterocycles. The van der Waals surface area contributed by atoms with Crippen molar-refractivity contribution >= 4 is 11.8 Å². The maximum atomic E-state index is 11.8. The van der Waals surface area contributed by atoms with Gasteiger partial charge in [0, 0.05) is 24.6 Å². The first-order chi connectivity index (χ1) is 9.69. The maximum Gasteiger partial charge on any atom is 0.251 e. The summed E-state index contributed by atoms with van der Waals surface area (Å²) in [5.74, 6) is -0.169. The molecular formula is C15H17N3O2. The highest BCUT2D eigenvalue weighted by atomic mass is 16.2. The average molecular weight is 271 g/mol. The summed E-state index contributed by atoms with van der Waals surface area (Å²) in [6.45, 7) is 0.452. The molecule has 0 radical (unpaired) electrons. The van der Waals surface area contributed by atoms with Gasteiger partial charge in [-0.1, -0.05) is 6.07 Å². The standard InChI is InChI=1S/C15H17N3O2/c16-10-11-3-1-4-12(9-11)15(20)17-8-2-5-14(19)18-13-6-7-13/h1,3-4,9,13H,2,5-8H2,(H,17,20)(H,18,19). The SMILES string of the molecule is N#Cc1cccc(C(=O)NCCCC(=O)NC2CC2)c1. The maximum absolute atomic E-state index is 11.8. The van der Waals surface area contributed by atoms with Crippen LogP contribution >= 0.6 is 0 Å². The molecule has 0 aliphatic heterocycles. The number of nitrogens with one attached hydrogen (secondary N) is 2. The van der Waals surface area contributed by atoms with Crippen molar-refractivity contribution in [1.82, 2.24) is 10.6 Å². The van der Waals surface area contributed by atoms with Gasteiger partial charge in [0.25, 0.3) is 5.91 Å². The second-order valence-electron chi connectivity index (χ2n) is 4.89. The van der Waals surface area contributed by atoms with Crippen LogP contribution in [0.3, 0.4) is 0 Å². The van der Waals surface area contributed by atoms with Crippen LogP contribution in [-0.2, 0) is 4.79 Å². The summed E-state index contributed by atoms with van der Waals surface area (Å²) in [7, 11) is 0. The van der Waals surface area contributed by atoms with Crippen molar-refractivity contribution < 1.29 is 9.59 Å². The summed E-state index contributed by atoms with van der Waals surface area (Å²) in [5.41, 5.74) is 0.924. The third-order valence-electron chi connectivity index (χ3n) is 3.06. The first kappa shape index (κ1) is 14.1. The van der Waals surface area contributed by atoms with Crippen LogP contribution in [0.4, 0.5) is 0 Å². The average Bonchev–Trinajstić information content (AvgIpc) is 3.27. The normalized spacial score (nSPS) is 13.3. The summed E-state index contributed by atoms with van der Waals surface area (Å²) in [5, 5.41) is 14.4. The van der Waals surface area contributed by atoms with Gasteiger partial charge in [-0.2, -0.15) is 5.26 Å². The molecule has 0 bridgehead atoms. The van der Waals surface area contributed by atoms with Crippen LogP contribution in [0.15, 0.2) is 24.3 Å². The van der Waals surface area contributed by atoms with Crippen molar-refractivity contribution in [3.05, 3.63) is 35.4 Å². The van der Waals surface area contributed by atoms with Gasteiger partial charge < -0.3 is 10.6 Å². The van der Waals surface area contributed by atoms with Crippen LogP contribution in [-0.4, -0.2) is 24.4 Å². The number of benzene rings is 1. The molecule has 1 aliphatic carbocycles. The highest BCUT2D eigenvalue weighted by Gasteiger charge is 2.22. The third-order valence-corrected chi connectivity index (χ3v) is 3.06. The molecule has 104 valence electrons. The van der Waals surface area contributed by atoms with E-state index in [0.29, 0.717) is 36.6 Å². The van der Waals surface area contributed by atoms with E-state index in [2.05, 4.69) is 10.6 Å². The molecule has 1 aliphatic rings. The Morgan fingerprint density at radius 3 is 2.85 bits per heavy atom. The molecule has 1 fully saturated rings.